The van der Waals surface area contributed by atoms with Crippen LogP contribution in [0.1, 0.15) is 18.9 Å². The zero-order valence-corrected chi connectivity index (χ0v) is 9.73. The molecule has 2 rings (SSSR count). The highest BCUT2D eigenvalue weighted by Gasteiger charge is 2.28. The van der Waals surface area contributed by atoms with Gasteiger partial charge in [-0.3, -0.25) is 11.3 Å². The van der Waals surface area contributed by atoms with Gasteiger partial charge in [-0.25, -0.2) is 0 Å². The van der Waals surface area contributed by atoms with E-state index in [4.69, 9.17) is 10.6 Å². The van der Waals surface area contributed by atoms with E-state index in [0.717, 1.165) is 19.4 Å². The van der Waals surface area contributed by atoms with E-state index >= 15 is 0 Å². The van der Waals surface area contributed by atoms with Crippen LogP contribution in [0.4, 0.5) is 0 Å². The van der Waals surface area contributed by atoms with Crippen molar-refractivity contribution in [2.45, 2.75) is 31.9 Å². The number of ether oxygens (including phenoxy) is 1. The second-order valence-electron chi connectivity index (χ2n) is 4.60. The van der Waals surface area contributed by atoms with Gasteiger partial charge in [0.25, 0.3) is 0 Å². The molecule has 0 amide bonds. The molecule has 0 saturated carbocycles. The molecule has 3 atom stereocenters. The van der Waals surface area contributed by atoms with Crippen LogP contribution in [0, 0.1) is 5.92 Å². The lowest BCUT2D eigenvalue weighted by Crippen LogP contribution is -2.42. The van der Waals surface area contributed by atoms with Crippen LogP contribution in [0.2, 0.25) is 0 Å². The first-order valence-electron chi connectivity index (χ1n) is 5.91. The number of benzene rings is 1. The summed E-state index contributed by atoms with van der Waals surface area (Å²) in [4.78, 5) is 0. The molecule has 3 unspecified atom stereocenters. The number of hydrogen-bond acceptors (Lipinski definition) is 3. The van der Waals surface area contributed by atoms with E-state index in [1.807, 2.05) is 6.07 Å². The maximum Gasteiger partial charge on any atom is 0.0551 e. The molecule has 1 saturated heterocycles. The van der Waals surface area contributed by atoms with Gasteiger partial charge in [-0.15, -0.1) is 0 Å². The molecule has 16 heavy (non-hydrogen) atoms. The normalized spacial score (nSPS) is 26.9. The fourth-order valence-corrected chi connectivity index (χ4v) is 2.36. The van der Waals surface area contributed by atoms with Gasteiger partial charge in [0.1, 0.15) is 0 Å². The fraction of sp³-hybridized carbons (Fsp3) is 0.538. The lowest BCUT2D eigenvalue weighted by atomic mass is 9.92. The van der Waals surface area contributed by atoms with E-state index in [-0.39, 0.29) is 0 Å². The first-order chi connectivity index (χ1) is 7.79. The molecule has 3 heteroatoms. The Morgan fingerprint density at radius 1 is 1.44 bits per heavy atom. The largest absolute Gasteiger partial charge is 0.378 e. The van der Waals surface area contributed by atoms with Crippen LogP contribution in [0.5, 0.6) is 0 Å². The summed E-state index contributed by atoms with van der Waals surface area (Å²) in [6, 6.07) is 10.8. The summed E-state index contributed by atoms with van der Waals surface area (Å²) in [5.41, 5.74) is 4.26. The standard InChI is InChI=1S/C13H20N2O/c1-10-7-12(9-16-10)13(15-14)8-11-5-3-2-4-6-11/h2-6,10,12-13,15H,7-9,14H2,1H3. The third-order valence-corrected chi connectivity index (χ3v) is 3.31. The minimum absolute atomic E-state index is 0.312. The molecule has 1 aliphatic heterocycles. The first kappa shape index (κ1) is 11.6. The van der Waals surface area contributed by atoms with Crippen molar-refractivity contribution < 1.29 is 4.74 Å². The van der Waals surface area contributed by atoms with Crippen molar-refractivity contribution in [3.8, 4) is 0 Å². The Morgan fingerprint density at radius 2 is 2.19 bits per heavy atom. The topological polar surface area (TPSA) is 47.3 Å². The minimum Gasteiger partial charge on any atom is -0.378 e. The van der Waals surface area contributed by atoms with Crippen LogP contribution in [0.3, 0.4) is 0 Å². The second kappa shape index (κ2) is 5.43. The fourth-order valence-electron chi connectivity index (χ4n) is 2.36. The Morgan fingerprint density at radius 3 is 2.75 bits per heavy atom. The zero-order chi connectivity index (χ0) is 11.4. The van der Waals surface area contributed by atoms with E-state index in [0.29, 0.717) is 18.1 Å². The predicted octanol–water partition coefficient (Wildman–Crippen LogP) is 1.49. The molecular weight excluding hydrogens is 200 g/mol. The highest BCUT2D eigenvalue weighted by atomic mass is 16.5. The SMILES string of the molecule is CC1CC(C(Cc2ccccc2)NN)CO1. The molecular formula is C13H20N2O. The second-order valence-corrected chi connectivity index (χ2v) is 4.60. The Labute approximate surface area is 97.0 Å². The quantitative estimate of drug-likeness (QED) is 0.597. The lowest BCUT2D eigenvalue weighted by Gasteiger charge is -2.21. The van der Waals surface area contributed by atoms with Crippen molar-refractivity contribution in [1.82, 2.24) is 5.43 Å². The molecule has 0 aromatic heterocycles. The Bertz CT molecular complexity index is 315. The number of nitrogens with two attached hydrogens (primary N) is 1. The molecule has 0 radical (unpaired) electrons. The number of rotatable bonds is 4. The van der Waals surface area contributed by atoms with Crippen LogP contribution in [0.25, 0.3) is 0 Å². The van der Waals surface area contributed by atoms with E-state index in [9.17, 15) is 0 Å². The molecule has 1 fully saturated rings. The monoisotopic (exact) mass is 220 g/mol. The minimum atomic E-state index is 0.312. The van der Waals surface area contributed by atoms with Crippen molar-refractivity contribution in [3.05, 3.63) is 35.9 Å². The van der Waals surface area contributed by atoms with Crippen molar-refractivity contribution in [1.29, 1.82) is 0 Å². The predicted molar refractivity (Wildman–Crippen MR) is 64.8 cm³/mol. The molecule has 0 aliphatic carbocycles. The van der Waals surface area contributed by atoms with Gasteiger partial charge in [0.2, 0.25) is 0 Å². The van der Waals surface area contributed by atoms with Gasteiger partial charge >= 0.3 is 0 Å². The van der Waals surface area contributed by atoms with Gasteiger partial charge in [0.15, 0.2) is 0 Å². The summed E-state index contributed by atoms with van der Waals surface area (Å²) in [5, 5.41) is 0. The van der Waals surface area contributed by atoms with Crippen molar-refractivity contribution in [2.75, 3.05) is 6.61 Å². The molecule has 1 heterocycles. The maximum absolute atomic E-state index is 5.64. The molecule has 1 aromatic carbocycles. The summed E-state index contributed by atoms with van der Waals surface area (Å²) in [7, 11) is 0. The highest BCUT2D eigenvalue weighted by Crippen LogP contribution is 2.23. The van der Waals surface area contributed by atoms with Crippen LogP contribution < -0.4 is 11.3 Å². The number of hydrazine groups is 1. The zero-order valence-electron chi connectivity index (χ0n) is 9.73. The molecule has 0 spiro atoms. The van der Waals surface area contributed by atoms with Crippen molar-refractivity contribution >= 4 is 0 Å². The molecule has 3 nitrogen and oxygen atoms in total. The summed E-state index contributed by atoms with van der Waals surface area (Å²) in [5.74, 6) is 6.17. The van der Waals surface area contributed by atoms with Gasteiger partial charge in [-0.2, -0.15) is 0 Å². The van der Waals surface area contributed by atoms with Crippen LogP contribution in [-0.4, -0.2) is 18.8 Å². The Balaban J connectivity index is 1.96. The summed E-state index contributed by atoms with van der Waals surface area (Å²) in [6.07, 6.45) is 2.44. The van der Waals surface area contributed by atoms with Crippen molar-refractivity contribution in [2.24, 2.45) is 11.8 Å². The van der Waals surface area contributed by atoms with Crippen LogP contribution in [-0.2, 0) is 11.2 Å². The lowest BCUT2D eigenvalue weighted by molar-refractivity contribution is 0.117. The molecule has 88 valence electrons. The van der Waals surface area contributed by atoms with Crippen LogP contribution in [0.15, 0.2) is 30.3 Å². The number of nitrogens with one attached hydrogen (secondary N) is 1. The summed E-state index contributed by atoms with van der Waals surface area (Å²) in [6.45, 7) is 2.94. The average Bonchev–Trinajstić information content (AvgIpc) is 2.74. The van der Waals surface area contributed by atoms with Gasteiger partial charge in [-0.1, -0.05) is 30.3 Å². The van der Waals surface area contributed by atoms with Gasteiger partial charge in [0.05, 0.1) is 12.7 Å². The van der Waals surface area contributed by atoms with E-state index in [2.05, 4.69) is 36.6 Å². The third kappa shape index (κ3) is 2.82. The van der Waals surface area contributed by atoms with E-state index in [1.54, 1.807) is 0 Å². The van der Waals surface area contributed by atoms with Gasteiger partial charge in [-0.05, 0) is 25.3 Å². The van der Waals surface area contributed by atoms with Crippen LogP contribution >= 0.6 is 0 Å². The van der Waals surface area contributed by atoms with E-state index in [1.165, 1.54) is 5.56 Å². The highest BCUT2D eigenvalue weighted by molar-refractivity contribution is 5.16. The van der Waals surface area contributed by atoms with Crippen molar-refractivity contribution in [3.63, 3.8) is 0 Å². The summed E-state index contributed by atoms with van der Waals surface area (Å²) < 4.78 is 5.59. The third-order valence-electron chi connectivity index (χ3n) is 3.31. The van der Waals surface area contributed by atoms with Gasteiger partial charge in [0, 0.05) is 12.0 Å². The average molecular weight is 220 g/mol. The molecule has 0 bridgehead atoms. The smallest absolute Gasteiger partial charge is 0.0551 e. The molecule has 1 aromatic rings. The van der Waals surface area contributed by atoms with E-state index < -0.39 is 0 Å². The maximum atomic E-state index is 5.64. The molecule has 1 aliphatic rings. The Kier molecular flexibility index (Phi) is 3.93. The number of hydrogen-bond donors (Lipinski definition) is 2. The Hall–Kier alpha value is -0.900. The summed E-state index contributed by atoms with van der Waals surface area (Å²) >= 11 is 0. The van der Waals surface area contributed by atoms with Gasteiger partial charge < -0.3 is 4.74 Å². The molecule has 3 N–H and O–H groups in total. The first-order valence-corrected chi connectivity index (χ1v) is 5.91.